The molecule has 0 heterocycles. The van der Waals surface area contributed by atoms with Crippen LogP contribution in [0.25, 0.3) is 0 Å². The van der Waals surface area contributed by atoms with Crippen molar-refractivity contribution in [3.05, 3.63) is 24.3 Å². The number of hydrogen-bond donors (Lipinski definition) is 2. The lowest BCUT2D eigenvalue weighted by Gasteiger charge is -2.23. The predicted molar refractivity (Wildman–Crippen MR) is 81.9 cm³/mol. The lowest BCUT2D eigenvalue weighted by molar-refractivity contribution is -0.137. The molecule has 1 aromatic rings. The van der Waals surface area contributed by atoms with Crippen LogP contribution in [0.2, 0.25) is 0 Å². The van der Waals surface area contributed by atoms with Crippen molar-refractivity contribution in [1.29, 1.82) is 0 Å². The molecule has 5 heteroatoms. The summed E-state index contributed by atoms with van der Waals surface area (Å²) in [6.07, 6.45) is 0. The zero-order valence-electron chi connectivity index (χ0n) is 12.9. The van der Waals surface area contributed by atoms with Crippen molar-refractivity contribution in [1.82, 2.24) is 0 Å². The number of carbonyl (C=O) groups excluding carboxylic acids is 1. The van der Waals surface area contributed by atoms with Gasteiger partial charge in [0.15, 0.2) is 0 Å². The van der Waals surface area contributed by atoms with Crippen LogP contribution in [0, 0.1) is 16.7 Å². The van der Waals surface area contributed by atoms with E-state index in [0.717, 1.165) is 0 Å². The molecular weight excluding hydrogens is 268 g/mol. The molecule has 0 aliphatic heterocycles. The Hall–Kier alpha value is -2.04. The van der Waals surface area contributed by atoms with Crippen molar-refractivity contribution in [2.45, 2.75) is 27.7 Å². The van der Waals surface area contributed by atoms with Crippen molar-refractivity contribution in [3.8, 4) is 0 Å². The van der Waals surface area contributed by atoms with Crippen molar-refractivity contribution in [3.63, 3.8) is 0 Å². The van der Waals surface area contributed by atoms with Crippen molar-refractivity contribution in [2.24, 2.45) is 16.7 Å². The molecule has 0 bridgehead atoms. The lowest BCUT2D eigenvalue weighted by atomic mass is 10.0. The summed E-state index contributed by atoms with van der Waals surface area (Å²) in [5, 5.41) is 9.11. The molecule has 21 heavy (non-hydrogen) atoms. The first-order chi connectivity index (χ1) is 9.60. The summed E-state index contributed by atoms with van der Waals surface area (Å²) in [5.41, 5.74) is 6.47. The van der Waals surface area contributed by atoms with Gasteiger partial charge in [-0.3, -0.25) is 14.5 Å². The van der Waals surface area contributed by atoms with Crippen LogP contribution < -0.4 is 10.6 Å². The normalized spacial score (nSPS) is 19.0. The molecule has 0 unspecified atom stereocenters. The molecule has 0 saturated heterocycles. The minimum Gasteiger partial charge on any atom is -0.480 e. The molecule has 1 saturated carbocycles. The molecule has 3 N–H and O–H groups in total. The summed E-state index contributed by atoms with van der Waals surface area (Å²) in [6.45, 7) is 7.74. The zero-order valence-corrected chi connectivity index (χ0v) is 12.9. The Morgan fingerprint density at radius 3 is 2.14 bits per heavy atom. The molecule has 114 valence electrons. The highest BCUT2D eigenvalue weighted by Gasteiger charge is 2.69. The lowest BCUT2D eigenvalue weighted by Crippen LogP contribution is -2.38. The summed E-state index contributed by atoms with van der Waals surface area (Å²) < 4.78 is 0. The molecule has 0 atom stereocenters. The topological polar surface area (TPSA) is 83.6 Å². The second-order valence-electron chi connectivity index (χ2n) is 6.75. The van der Waals surface area contributed by atoms with Crippen LogP contribution in [-0.4, -0.2) is 23.5 Å². The summed E-state index contributed by atoms with van der Waals surface area (Å²) in [6, 6.07) is 6.85. The monoisotopic (exact) mass is 290 g/mol. The highest BCUT2D eigenvalue weighted by molar-refractivity contribution is 6.03. The Morgan fingerprint density at radius 2 is 1.71 bits per heavy atom. The highest BCUT2D eigenvalue weighted by atomic mass is 16.4. The minimum atomic E-state index is -1.05. The predicted octanol–water partition coefficient (Wildman–Crippen LogP) is 2.37. The van der Waals surface area contributed by atoms with Gasteiger partial charge >= 0.3 is 5.97 Å². The smallest absolute Gasteiger partial charge is 0.323 e. The largest absolute Gasteiger partial charge is 0.480 e. The van der Waals surface area contributed by atoms with Gasteiger partial charge in [-0.2, -0.15) is 0 Å². The fraction of sp³-hybridized carbons (Fsp3) is 0.500. The van der Waals surface area contributed by atoms with Gasteiger partial charge < -0.3 is 10.8 Å². The van der Waals surface area contributed by atoms with Crippen LogP contribution in [0.5, 0.6) is 0 Å². The number of carboxylic acid groups (broad SMARTS) is 1. The molecule has 1 aromatic carbocycles. The number of nitrogens with two attached hydrogens (primary N) is 1. The first kappa shape index (κ1) is 15.4. The molecular formula is C16H22N2O3. The van der Waals surface area contributed by atoms with Gasteiger partial charge in [-0.1, -0.05) is 39.8 Å². The van der Waals surface area contributed by atoms with E-state index in [9.17, 15) is 9.59 Å². The van der Waals surface area contributed by atoms with Crippen LogP contribution in [0.15, 0.2) is 24.3 Å². The van der Waals surface area contributed by atoms with Gasteiger partial charge in [0.1, 0.15) is 6.54 Å². The van der Waals surface area contributed by atoms with Crippen molar-refractivity contribution >= 4 is 23.3 Å². The zero-order chi connectivity index (χ0) is 16.0. The van der Waals surface area contributed by atoms with Gasteiger partial charge in [-0.15, -0.1) is 0 Å². The van der Waals surface area contributed by atoms with Crippen LogP contribution in [-0.2, 0) is 9.59 Å². The van der Waals surface area contributed by atoms with Gasteiger partial charge in [-0.25, -0.2) is 0 Å². The molecule has 0 aromatic heterocycles. The number of nitrogen functional groups attached to an aromatic ring is 1. The van der Waals surface area contributed by atoms with E-state index in [2.05, 4.69) is 0 Å². The van der Waals surface area contributed by atoms with Gasteiger partial charge in [-0.05, 0) is 23.0 Å². The number of nitrogens with zero attached hydrogens (tertiary/aromatic N) is 1. The second-order valence-corrected chi connectivity index (χ2v) is 6.75. The number of para-hydroxylation sites is 2. The fourth-order valence-corrected chi connectivity index (χ4v) is 3.12. The van der Waals surface area contributed by atoms with E-state index >= 15 is 0 Å². The van der Waals surface area contributed by atoms with Gasteiger partial charge in [0.05, 0.1) is 11.4 Å². The molecule has 0 radical (unpaired) electrons. The first-order valence-electron chi connectivity index (χ1n) is 6.98. The van der Waals surface area contributed by atoms with E-state index in [4.69, 9.17) is 10.8 Å². The van der Waals surface area contributed by atoms with Crippen molar-refractivity contribution in [2.75, 3.05) is 17.2 Å². The summed E-state index contributed by atoms with van der Waals surface area (Å²) in [7, 11) is 0. The number of carboxylic acids is 1. The number of anilines is 2. The number of benzene rings is 1. The van der Waals surface area contributed by atoms with Crippen molar-refractivity contribution < 1.29 is 14.7 Å². The summed E-state index contributed by atoms with van der Waals surface area (Å²) in [4.78, 5) is 25.3. The average Bonchev–Trinajstić information content (AvgIpc) is 2.77. The minimum absolute atomic E-state index is 0.148. The number of aliphatic carboxylic acids is 1. The number of carbonyl (C=O) groups is 2. The van der Waals surface area contributed by atoms with Gasteiger partial charge in [0.2, 0.25) is 5.91 Å². The summed E-state index contributed by atoms with van der Waals surface area (Å²) >= 11 is 0. The maximum atomic E-state index is 12.8. The van der Waals surface area contributed by atoms with Crippen LogP contribution in [0.4, 0.5) is 11.4 Å². The molecule has 5 nitrogen and oxygen atoms in total. The Bertz CT molecular complexity index is 579. The quantitative estimate of drug-likeness (QED) is 0.834. The third kappa shape index (κ3) is 2.37. The fourth-order valence-electron chi connectivity index (χ4n) is 3.12. The number of amides is 1. The van der Waals surface area contributed by atoms with E-state index in [0.29, 0.717) is 11.4 Å². The number of rotatable bonds is 4. The molecule has 2 rings (SSSR count). The van der Waals surface area contributed by atoms with E-state index in [1.54, 1.807) is 24.3 Å². The SMILES string of the molecule is CC1(C)C(C(=O)N(CC(=O)O)c2ccccc2N)C1(C)C. The maximum Gasteiger partial charge on any atom is 0.323 e. The average molecular weight is 290 g/mol. The van der Waals surface area contributed by atoms with Gasteiger partial charge in [0.25, 0.3) is 0 Å². The number of hydrogen-bond acceptors (Lipinski definition) is 3. The van der Waals surface area contributed by atoms with Crippen LogP contribution in [0.3, 0.4) is 0 Å². The molecule has 1 fully saturated rings. The second kappa shape index (κ2) is 4.76. The third-order valence-electron chi connectivity index (χ3n) is 5.05. The van der Waals surface area contributed by atoms with E-state index < -0.39 is 5.97 Å². The van der Waals surface area contributed by atoms with E-state index in [1.165, 1.54) is 4.90 Å². The molecule has 1 aliphatic carbocycles. The molecule has 0 spiro atoms. The third-order valence-corrected chi connectivity index (χ3v) is 5.05. The Kier molecular flexibility index (Phi) is 3.48. The Morgan fingerprint density at radius 1 is 1.19 bits per heavy atom. The van der Waals surface area contributed by atoms with Crippen LogP contribution in [0.1, 0.15) is 27.7 Å². The molecule has 1 amide bonds. The van der Waals surface area contributed by atoms with Crippen LogP contribution >= 0.6 is 0 Å². The molecule has 1 aliphatic rings. The van der Waals surface area contributed by atoms with E-state index in [1.807, 2.05) is 27.7 Å². The Labute approximate surface area is 124 Å². The Balaban J connectivity index is 2.37. The van der Waals surface area contributed by atoms with Gasteiger partial charge in [0, 0.05) is 5.92 Å². The standard InChI is InChI=1S/C16H22N2O3/c1-15(2)13(16(15,3)4)14(21)18(9-12(19)20)11-8-6-5-7-10(11)17/h5-8,13H,9,17H2,1-4H3,(H,19,20). The maximum absolute atomic E-state index is 12.8. The summed E-state index contributed by atoms with van der Waals surface area (Å²) in [5.74, 6) is -1.43. The van der Waals surface area contributed by atoms with E-state index in [-0.39, 0.29) is 29.2 Å². The first-order valence-corrected chi connectivity index (χ1v) is 6.98. The highest BCUT2D eigenvalue weighted by Crippen LogP contribution is 2.68.